The highest BCUT2D eigenvalue weighted by Gasteiger charge is 2.19. The maximum atomic E-state index is 11.4. The number of amides is 2. The molecule has 0 saturated carbocycles. The second-order valence-electron chi connectivity index (χ2n) is 3.60. The fourth-order valence-electron chi connectivity index (χ4n) is 1.54. The molecule has 0 unspecified atom stereocenters. The molecule has 4 nitrogen and oxygen atoms in total. The van der Waals surface area contributed by atoms with Crippen molar-refractivity contribution in [3.63, 3.8) is 0 Å². The normalized spacial score (nSPS) is 15.4. The summed E-state index contributed by atoms with van der Waals surface area (Å²) < 4.78 is 0. The molecule has 0 bridgehead atoms. The van der Waals surface area contributed by atoms with Crippen LogP contribution in [0.5, 0.6) is 0 Å². The van der Waals surface area contributed by atoms with E-state index in [0.29, 0.717) is 5.70 Å². The molecule has 1 aliphatic heterocycles. The summed E-state index contributed by atoms with van der Waals surface area (Å²) in [7, 11) is 0. The lowest BCUT2D eigenvalue weighted by Crippen LogP contribution is -2.41. The van der Waals surface area contributed by atoms with Gasteiger partial charge in [-0.15, -0.1) is 0 Å². The van der Waals surface area contributed by atoms with Gasteiger partial charge in [-0.2, -0.15) is 0 Å². The van der Waals surface area contributed by atoms with Crippen LogP contribution < -0.4 is 5.32 Å². The molecular weight excluding hydrogens is 204 g/mol. The third-order valence-corrected chi connectivity index (χ3v) is 2.36. The van der Waals surface area contributed by atoms with Crippen molar-refractivity contribution in [2.24, 2.45) is 0 Å². The molecule has 0 aliphatic carbocycles. The van der Waals surface area contributed by atoms with Gasteiger partial charge in [-0.05, 0) is 5.56 Å². The van der Waals surface area contributed by atoms with E-state index in [4.69, 9.17) is 0 Å². The summed E-state index contributed by atoms with van der Waals surface area (Å²) in [6.07, 6.45) is 1.67. The first-order valence-electron chi connectivity index (χ1n) is 5.01. The first kappa shape index (κ1) is 10.4. The second kappa shape index (κ2) is 4.18. The Balaban J connectivity index is 2.33. The summed E-state index contributed by atoms with van der Waals surface area (Å²) in [5, 5.41) is 2.75. The Hall–Kier alpha value is -2.10. The van der Waals surface area contributed by atoms with Crippen molar-refractivity contribution in [2.45, 2.75) is 6.92 Å². The van der Waals surface area contributed by atoms with Crippen LogP contribution in [-0.2, 0) is 9.59 Å². The third-order valence-electron chi connectivity index (χ3n) is 2.36. The second-order valence-corrected chi connectivity index (χ2v) is 3.60. The average Bonchev–Trinajstić information content (AvgIpc) is 2.29. The van der Waals surface area contributed by atoms with E-state index in [2.05, 4.69) is 5.32 Å². The highest BCUT2D eigenvalue weighted by Crippen LogP contribution is 2.15. The van der Waals surface area contributed by atoms with Crippen LogP contribution in [0.3, 0.4) is 0 Å². The van der Waals surface area contributed by atoms with Crippen molar-refractivity contribution in [1.82, 2.24) is 10.2 Å². The van der Waals surface area contributed by atoms with Crippen molar-refractivity contribution in [1.29, 1.82) is 0 Å². The van der Waals surface area contributed by atoms with Crippen molar-refractivity contribution in [3.05, 3.63) is 42.1 Å². The van der Waals surface area contributed by atoms with Gasteiger partial charge in [0.15, 0.2) is 0 Å². The molecule has 0 radical (unpaired) electrons. The van der Waals surface area contributed by atoms with E-state index >= 15 is 0 Å². The molecule has 4 heteroatoms. The van der Waals surface area contributed by atoms with E-state index in [1.165, 1.54) is 11.8 Å². The topological polar surface area (TPSA) is 49.4 Å². The van der Waals surface area contributed by atoms with Crippen LogP contribution in [0.15, 0.2) is 36.5 Å². The van der Waals surface area contributed by atoms with Crippen molar-refractivity contribution in [2.75, 3.05) is 6.54 Å². The van der Waals surface area contributed by atoms with E-state index in [1.54, 1.807) is 6.20 Å². The van der Waals surface area contributed by atoms with Crippen LogP contribution in [0.4, 0.5) is 0 Å². The number of hydrogen-bond donors (Lipinski definition) is 1. The van der Waals surface area contributed by atoms with Gasteiger partial charge in [0.1, 0.15) is 6.54 Å². The SMILES string of the molecule is CC(=O)N1C=C(c2ccccc2)NC(=O)C1. The van der Waals surface area contributed by atoms with Gasteiger partial charge in [-0.25, -0.2) is 0 Å². The number of carbonyl (C=O) groups excluding carboxylic acids is 2. The molecule has 2 amide bonds. The summed E-state index contributed by atoms with van der Waals surface area (Å²) in [5.41, 5.74) is 1.55. The van der Waals surface area contributed by atoms with Crippen LogP contribution in [0.2, 0.25) is 0 Å². The maximum Gasteiger partial charge on any atom is 0.244 e. The van der Waals surface area contributed by atoms with Crippen LogP contribution in [0, 0.1) is 0 Å². The molecule has 0 saturated heterocycles. The van der Waals surface area contributed by atoms with Crippen LogP contribution in [0.25, 0.3) is 5.70 Å². The molecule has 1 aliphatic rings. The Kier molecular flexibility index (Phi) is 2.72. The van der Waals surface area contributed by atoms with E-state index < -0.39 is 0 Å². The maximum absolute atomic E-state index is 11.4. The molecule has 0 fully saturated rings. The Morgan fingerprint density at radius 3 is 2.62 bits per heavy atom. The molecule has 16 heavy (non-hydrogen) atoms. The first-order valence-corrected chi connectivity index (χ1v) is 5.01. The van der Waals surface area contributed by atoms with Gasteiger partial charge in [-0.1, -0.05) is 30.3 Å². The lowest BCUT2D eigenvalue weighted by molar-refractivity contribution is -0.132. The molecule has 1 N–H and O–H groups in total. The predicted molar refractivity (Wildman–Crippen MR) is 59.9 cm³/mol. The Labute approximate surface area is 93.6 Å². The Morgan fingerprint density at radius 1 is 1.31 bits per heavy atom. The number of benzene rings is 1. The van der Waals surface area contributed by atoms with Gasteiger partial charge in [0.2, 0.25) is 11.8 Å². The summed E-state index contributed by atoms with van der Waals surface area (Å²) >= 11 is 0. The quantitative estimate of drug-likeness (QED) is 0.760. The van der Waals surface area contributed by atoms with Gasteiger partial charge in [0.05, 0.1) is 5.70 Å². The molecule has 82 valence electrons. The van der Waals surface area contributed by atoms with E-state index in [9.17, 15) is 9.59 Å². The number of nitrogens with one attached hydrogen (secondary N) is 1. The zero-order chi connectivity index (χ0) is 11.5. The van der Waals surface area contributed by atoms with Gasteiger partial charge in [0, 0.05) is 13.1 Å². The van der Waals surface area contributed by atoms with Crippen molar-refractivity contribution >= 4 is 17.5 Å². The summed E-state index contributed by atoms with van der Waals surface area (Å²) in [4.78, 5) is 24.0. The lowest BCUT2D eigenvalue weighted by atomic mass is 10.1. The largest absolute Gasteiger partial charge is 0.323 e. The fraction of sp³-hybridized carbons (Fsp3) is 0.167. The van der Waals surface area contributed by atoms with E-state index in [1.807, 2.05) is 30.3 Å². The number of rotatable bonds is 1. The summed E-state index contributed by atoms with van der Waals surface area (Å²) in [6, 6.07) is 9.44. The molecule has 0 spiro atoms. The smallest absolute Gasteiger partial charge is 0.244 e. The molecule has 0 atom stereocenters. The molecular formula is C12H12N2O2. The number of hydrogen-bond acceptors (Lipinski definition) is 2. The third kappa shape index (κ3) is 2.11. The molecule has 1 aromatic rings. The Bertz CT molecular complexity index is 451. The lowest BCUT2D eigenvalue weighted by Gasteiger charge is -2.24. The standard InChI is InChI=1S/C12H12N2O2/c1-9(15)14-7-11(13-12(16)8-14)10-5-3-2-4-6-10/h2-7H,8H2,1H3,(H,13,16). The first-order chi connectivity index (χ1) is 7.66. The van der Waals surface area contributed by atoms with Crippen molar-refractivity contribution < 1.29 is 9.59 Å². The monoisotopic (exact) mass is 216 g/mol. The highest BCUT2D eigenvalue weighted by molar-refractivity contribution is 5.94. The zero-order valence-electron chi connectivity index (χ0n) is 8.93. The minimum absolute atomic E-state index is 0.0890. The summed E-state index contributed by atoms with van der Waals surface area (Å²) in [6.45, 7) is 1.53. The number of nitrogens with zero attached hydrogens (tertiary/aromatic N) is 1. The van der Waals surface area contributed by atoms with Gasteiger partial charge < -0.3 is 10.2 Å². The minimum atomic E-state index is -0.170. The predicted octanol–water partition coefficient (Wildman–Crippen LogP) is 0.963. The van der Waals surface area contributed by atoms with Gasteiger partial charge in [0.25, 0.3) is 0 Å². The molecule has 1 heterocycles. The fourth-order valence-corrected chi connectivity index (χ4v) is 1.54. The van der Waals surface area contributed by atoms with Crippen LogP contribution >= 0.6 is 0 Å². The van der Waals surface area contributed by atoms with Gasteiger partial charge >= 0.3 is 0 Å². The summed E-state index contributed by atoms with van der Waals surface area (Å²) in [5.74, 6) is -0.306. The highest BCUT2D eigenvalue weighted by atomic mass is 16.2. The van der Waals surface area contributed by atoms with Crippen molar-refractivity contribution in [3.8, 4) is 0 Å². The van der Waals surface area contributed by atoms with Crippen LogP contribution in [-0.4, -0.2) is 23.3 Å². The Morgan fingerprint density at radius 2 is 2.00 bits per heavy atom. The minimum Gasteiger partial charge on any atom is -0.323 e. The molecule has 1 aromatic carbocycles. The zero-order valence-corrected chi connectivity index (χ0v) is 8.93. The average molecular weight is 216 g/mol. The molecule has 0 aromatic heterocycles. The number of carbonyl (C=O) groups is 2. The molecule has 2 rings (SSSR count). The van der Waals surface area contributed by atoms with Gasteiger partial charge in [-0.3, -0.25) is 9.59 Å². The van der Waals surface area contributed by atoms with E-state index in [-0.39, 0.29) is 18.4 Å². The van der Waals surface area contributed by atoms with Crippen LogP contribution in [0.1, 0.15) is 12.5 Å². The van der Waals surface area contributed by atoms with E-state index in [0.717, 1.165) is 5.56 Å².